The highest BCUT2D eigenvalue weighted by atomic mass is 35.5. The Kier molecular flexibility index (Phi) is 4.91. The van der Waals surface area contributed by atoms with Gasteiger partial charge in [0.2, 0.25) is 10.0 Å². The highest BCUT2D eigenvalue weighted by Gasteiger charge is 2.22. The number of rotatable bonds is 5. The number of nitrogens with one attached hydrogen (secondary N) is 1. The summed E-state index contributed by atoms with van der Waals surface area (Å²) in [6.07, 6.45) is 0. The molecule has 11 heteroatoms. The molecule has 0 unspecified atom stereocenters. The number of carbonyl (C=O) groups is 1. The third kappa shape index (κ3) is 3.74. The second-order valence-corrected chi connectivity index (χ2v) is 8.94. The zero-order valence-electron chi connectivity index (χ0n) is 10.4. The van der Waals surface area contributed by atoms with Gasteiger partial charge in [-0.25, -0.2) is 22.9 Å². The summed E-state index contributed by atoms with van der Waals surface area (Å²) < 4.78 is 26.8. The van der Waals surface area contributed by atoms with Crippen LogP contribution in [0, 0.1) is 6.92 Å². The molecular weight excluding hydrogens is 379 g/mol. The summed E-state index contributed by atoms with van der Waals surface area (Å²) in [5, 5.41) is 9.28. The van der Waals surface area contributed by atoms with Gasteiger partial charge in [0.1, 0.15) is 19.1 Å². The second kappa shape index (κ2) is 6.19. The van der Waals surface area contributed by atoms with E-state index in [0.29, 0.717) is 10.7 Å². The van der Waals surface area contributed by atoms with Crippen molar-refractivity contribution in [2.45, 2.75) is 18.4 Å². The normalized spacial score (nSPS) is 11.8. The van der Waals surface area contributed by atoms with Crippen molar-refractivity contribution in [3.63, 3.8) is 0 Å². The van der Waals surface area contributed by atoms with Gasteiger partial charge in [-0.2, -0.15) is 0 Å². The molecule has 2 N–H and O–H groups in total. The monoisotopic (exact) mass is 386 g/mol. The molecule has 0 aliphatic heterocycles. The van der Waals surface area contributed by atoms with Crippen LogP contribution in [0.4, 0.5) is 0 Å². The molecule has 0 saturated heterocycles. The molecule has 114 valence electrons. The average Bonchev–Trinajstić information content (AvgIpc) is 2.90. The van der Waals surface area contributed by atoms with Gasteiger partial charge in [-0.3, -0.25) is 0 Å². The van der Waals surface area contributed by atoms with Gasteiger partial charge in [0.05, 0.1) is 16.6 Å². The third-order valence-electron chi connectivity index (χ3n) is 2.36. The van der Waals surface area contributed by atoms with Crippen LogP contribution in [-0.4, -0.2) is 24.5 Å². The van der Waals surface area contributed by atoms with Gasteiger partial charge < -0.3 is 5.11 Å². The Hall–Kier alpha value is -0.710. The Morgan fingerprint density at radius 1 is 1.43 bits per heavy atom. The number of aromatic carboxylic acids is 1. The molecule has 0 radical (unpaired) electrons. The van der Waals surface area contributed by atoms with Gasteiger partial charge in [0, 0.05) is 0 Å². The number of aromatic nitrogens is 1. The lowest BCUT2D eigenvalue weighted by Gasteiger charge is -2.03. The molecule has 0 fully saturated rings. The van der Waals surface area contributed by atoms with Crippen LogP contribution in [-0.2, 0) is 16.6 Å². The van der Waals surface area contributed by atoms with Gasteiger partial charge in [-0.1, -0.05) is 23.2 Å². The Balaban J connectivity index is 2.17. The van der Waals surface area contributed by atoms with Crippen molar-refractivity contribution in [1.29, 1.82) is 0 Å². The first-order valence-electron chi connectivity index (χ1n) is 5.35. The summed E-state index contributed by atoms with van der Waals surface area (Å²) in [4.78, 5) is 14.9. The molecule has 0 amide bonds. The minimum absolute atomic E-state index is 0.0639. The van der Waals surface area contributed by atoms with E-state index in [1.165, 1.54) is 6.07 Å². The number of hydrogen-bond acceptors (Lipinski definition) is 6. The minimum atomic E-state index is -3.83. The van der Waals surface area contributed by atoms with Gasteiger partial charge >= 0.3 is 5.97 Å². The highest BCUT2D eigenvalue weighted by Crippen LogP contribution is 2.34. The van der Waals surface area contributed by atoms with Crippen LogP contribution in [0.15, 0.2) is 11.0 Å². The van der Waals surface area contributed by atoms with Gasteiger partial charge in [-0.15, -0.1) is 22.7 Å². The molecule has 0 aromatic carbocycles. The van der Waals surface area contributed by atoms with Gasteiger partial charge in [0.25, 0.3) is 0 Å². The molecule has 0 bridgehead atoms. The van der Waals surface area contributed by atoms with Crippen molar-refractivity contribution >= 4 is 61.9 Å². The van der Waals surface area contributed by atoms with Crippen LogP contribution in [0.2, 0.25) is 8.67 Å². The Morgan fingerprint density at radius 3 is 2.57 bits per heavy atom. The van der Waals surface area contributed by atoms with Gasteiger partial charge in [-0.05, 0) is 13.0 Å². The summed E-state index contributed by atoms with van der Waals surface area (Å²) >= 11 is 13.4. The lowest BCUT2D eigenvalue weighted by atomic mass is 10.4. The van der Waals surface area contributed by atoms with Crippen LogP contribution in [0.25, 0.3) is 0 Å². The fourth-order valence-corrected chi connectivity index (χ4v) is 5.54. The zero-order chi connectivity index (χ0) is 15.8. The van der Waals surface area contributed by atoms with E-state index >= 15 is 0 Å². The first-order chi connectivity index (χ1) is 9.70. The summed E-state index contributed by atoms with van der Waals surface area (Å²) in [6.45, 7) is 1.43. The number of sulfonamides is 1. The predicted molar refractivity (Wildman–Crippen MR) is 82.2 cm³/mol. The zero-order valence-corrected chi connectivity index (χ0v) is 14.3. The summed E-state index contributed by atoms with van der Waals surface area (Å²) in [5.41, 5.74) is 0.346. The molecule has 0 atom stereocenters. The fraction of sp³-hybridized carbons (Fsp3) is 0.200. The molecule has 6 nitrogen and oxygen atoms in total. The first kappa shape index (κ1) is 16.7. The maximum Gasteiger partial charge on any atom is 0.347 e. The number of thiophene rings is 1. The van der Waals surface area contributed by atoms with Crippen molar-refractivity contribution in [2.24, 2.45) is 0 Å². The standard InChI is InChI=1S/C10H8Cl2N2O4S3/c1-4-8(10(15)16)20-7(14-4)3-13-21(17,18)5-2-6(11)19-9(5)12/h2,13H,3H2,1H3,(H,15,16). The lowest BCUT2D eigenvalue weighted by molar-refractivity contribution is 0.0701. The number of aryl methyl sites for hydroxylation is 1. The summed E-state index contributed by atoms with van der Waals surface area (Å²) in [5.74, 6) is -1.09. The van der Waals surface area contributed by atoms with E-state index in [2.05, 4.69) is 9.71 Å². The maximum atomic E-state index is 12.1. The van der Waals surface area contributed by atoms with E-state index in [1.54, 1.807) is 6.92 Å². The minimum Gasteiger partial charge on any atom is -0.477 e. The number of hydrogen-bond donors (Lipinski definition) is 2. The van der Waals surface area contributed by atoms with Gasteiger partial charge in [0.15, 0.2) is 0 Å². The van der Waals surface area contributed by atoms with E-state index in [0.717, 1.165) is 22.7 Å². The number of thiazole rings is 1. The van der Waals surface area contributed by atoms with E-state index < -0.39 is 16.0 Å². The van der Waals surface area contributed by atoms with E-state index in [1.807, 2.05) is 0 Å². The van der Waals surface area contributed by atoms with E-state index in [9.17, 15) is 13.2 Å². The van der Waals surface area contributed by atoms with Crippen LogP contribution >= 0.6 is 45.9 Å². The van der Waals surface area contributed by atoms with E-state index in [4.69, 9.17) is 28.3 Å². The number of carboxylic acids is 1. The Bertz CT molecular complexity index is 797. The topological polar surface area (TPSA) is 96.4 Å². The highest BCUT2D eigenvalue weighted by molar-refractivity contribution is 7.89. The average molecular weight is 387 g/mol. The van der Waals surface area contributed by atoms with Crippen LogP contribution in [0.3, 0.4) is 0 Å². The first-order valence-corrected chi connectivity index (χ1v) is 9.22. The molecular formula is C10H8Cl2N2O4S3. The van der Waals surface area contributed by atoms with Crippen LogP contribution in [0.1, 0.15) is 20.4 Å². The largest absolute Gasteiger partial charge is 0.477 e. The fourth-order valence-electron chi connectivity index (χ4n) is 1.47. The summed E-state index contributed by atoms with van der Waals surface area (Å²) in [6, 6.07) is 1.26. The molecule has 0 aliphatic carbocycles. The van der Waals surface area contributed by atoms with Crippen LogP contribution < -0.4 is 4.72 Å². The molecule has 0 saturated carbocycles. The molecule has 2 aromatic heterocycles. The van der Waals surface area contributed by atoms with Crippen LogP contribution in [0.5, 0.6) is 0 Å². The predicted octanol–water partition coefficient (Wildman–Crippen LogP) is 3.00. The smallest absolute Gasteiger partial charge is 0.347 e. The van der Waals surface area contributed by atoms with Crippen molar-refractivity contribution < 1.29 is 18.3 Å². The molecule has 0 aliphatic rings. The number of halogens is 2. The second-order valence-electron chi connectivity index (χ2n) is 3.84. The maximum absolute atomic E-state index is 12.1. The third-order valence-corrected chi connectivity index (χ3v) is 6.66. The number of nitrogens with zero attached hydrogens (tertiary/aromatic N) is 1. The van der Waals surface area contributed by atoms with Crippen molar-refractivity contribution in [3.8, 4) is 0 Å². The molecule has 2 heterocycles. The molecule has 2 rings (SSSR count). The van der Waals surface area contributed by atoms with Crippen molar-refractivity contribution in [3.05, 3.63) is 30.3 Å². The lowest BCUT2D eigenvalue weighted by Crippen LogP contribution is -2.23. The SMILES string of the molecule is Cc1nc(CNS(=O)(=O)c2cc(Cl)sc2Cl)sc1C(=O)O. The quantitative estimate of drug-likeness (QED) is 0.822. The molecule has 2 aromatic rings. The number of carboxylic acid groups (broad SMARTS) is 1. The molecule has 21 heavy (non-hydrogen) atoms. The van der Waals surface area contributed by atoms with Crippen molar-refractivity contribution in [2.75, 3.05) is 0 Å². The Labute approximate surface area is 138 Å². The summed E-state index contributed by atoms with van der Waals surface area (Å²) in [7, 11) is -3.83. The molecule has 0 spiro atoms. The van der Waals surface area contributed by atoms with Crippen molar-refractivity contribution in [1.82, 2.24) is 9.71 Å². The van der Waals surface area contributed by atoms with E-state index in [-0.39, 0.29) is 25.0 Å². The Morgan fingerprint density at radius 2 is 2.10 bits per heavy atom.